The van der Waals surface area contributed by atoms with E-state index in [1.54, 1.807) is 23.2 Å². The first-order chi connectivity index (χ1) is 14.5. The lowest BCUT2D eigenvalue weighted by atomic mass is 10.2. The van der Waals surface area contributed by atoms with Gasteiger partial charge in [0, 0.05) is 18.1 Å². The molecule has 11 heteroatoms. The summed E-state index contributed by atoms with van der Waals surface area (Å²) in [7, 11) is 0. The van der Waals surface area contributed by atoms with Crippen molar-refractivity contribution >= 4 is 29.5 Å². The fourth-order valence-corrected chi connectivity index (χ4v) is 3.14. The summed E-state index contributed by atoms with van der Waals surface area (Å²) in [5.74, 6) is -0.0377. The van der Waals surface area contributed by atoms with E-state index in [0.29, 0.717) is 11.4 Å². The molecule has 0 spiro atoms. The first kappa shape index (κ1) is 20.0. The molecule has 0 bridgehead atoms. The zero-order valence-electron chi connectivity index (χ0n) is 15.8. The maximum absolute atomic E-state index is 13.7. The fourth-order valence-electron chi connectivity index (χ4n) is 3.02. The lowest BCUT2D eigenvalue weighted by molar-refractivity contribution is 0.177. The highest BCUT2D eigenvalue weighted by Crippen LogP contribution is 2.24. The molecule has 0 radical (unpaired) electrons. The molecule has 2 aromatic heterocycles. The predicted octanol–water partition coefficient (Wildman–Crippen LogP) is 3.92. The van der Waals surface area contributed by atoms with E-state index < -0.39 is 24.6 Å². The zero-order valence-corrected chi connectivity index (χ0v) is 16.6. The van der Waals surface area contributed by atoms with E-state index in [4.69, 9.17) is 16.3 Å². The van der Waals surface area contributed by atoms with Crippen LogP contribution in [0.3, 0.4) is 0 Å². The summed E-state index contributed by atoms with van der Waals surface area (Å²) in [6, 6.07) is 4.96. The van der Waals surface area contributed by atoms with Crippen molar-refractivity contribution in [3.8, 4) is 5.69 Å². The van der Waals surface area contributed by atoms with Gasteiger partial charge in [0.15, 0.2) is 0 Å². The normalized spacial score (nSPS) is 17.1. The van der Waals surface area contributed by atoms with E-state index in [-0.39, 0.29) is 29.4 Å². The minimum Gasteiger partial charge on any atom is -0.447 e. The third-order valence-electron chi connectivity index (χ3n) is 4.62. The van der Waals surface area contributed by atoms with Crippen LogP contribution in [0.4, 0.5) is 25.3 Å². The van der Waals surface area contributed by atoms with Gasteiger partial charge in [0.2, 0.25) is 5.95 Å². The van der Waals surface area contributed by atoms with Gasteiger partial charge in [-0.25, -0.2) is 23.5 Å². The van der Waals surface area contributed by atoms with Gasteiger partial charge in [0.25, 0.3) is 0 Å². The van der Waals surface area contributed by atoms with Crippen LogP contribution in [0, 0.1) is 5.82 Å². The van der Waals surface area contributed by atoms with Crippen LogP contribution in [-0.2, 0) is 4.74 Å². The second kappa shape index (κ2) is 8.23. The molecule has 1 unspecified atom stereocenters. The molecule has 1 N–H and O–H groups in total. The standard InChI is InChI=1S/C19H17ClF2N6O2/c1-11(16-8-27(10-24-16)12-2-3-14(20)15(22)6-12)25-18-23-5-4-17(26-18)28-13(7-21)9-30-19(28)29/h2-6,8,10-11,13H,7,9H2,1H3,(H,23,25,26)/t11-,13?/m0/s1. The Balaban J connectivity index is 1.51. The molecule has 1 aromatic carbocycles. The van der Waals surface area contributed by atoms with Crippen molar-refractivity contribution in [1.29, 1.82) is 0 Å². The third-order valence-corrected chi connectivity index (χ3v) is 4.93. The number of hydrogen-bond acceptors (Lipinski definition) is 6. The maximum atomic E-state index is 13.7. The minimum atomic E-state index is -0.738. The Labute approximate surface area is 175 Å². The highest BCUT2D eigenvalue weighted by Gasteiger charge is 2.35. The molecule has 1 fully saturated rings. The lowest BCUT2D eigenvalue weighted by Crippen LogP contribution is -2.35. The SMILES string of the molecule is C[C@H](Nc1nccc(N2C(=O)OCC2CF)n1)c1cn(-c2ccc(Cl)c(F)c2)cn1. The molecule has 3 aromatic rings. The summed E-state index contributed by atoms with van der Waals surface area (Å²) < 4.78 is 33.4. The lowest BCUT2D eigenvalue weighted by Gasteiger charge is -2.19. The van der Waals surface area contributed by atoms with Crippen LogP contribution in [-0.4, -0.2) is 44.9 Å². The summed E-state index contributed by atoms with van der Waals surface area (Å²) in [5, 5.41) is 3.13. The Kier molecular flexibility index (Phi) is 5.49. The van der Waals surface area contributed by atoms with Crippen LogP contribution in [0.5, 0.6) is 0 Å². The van der Waals surface area contributed by atoms with Crippen LogP contribution in [0.2, 0.25) is 5.02 Å². The number of hydrogen-bond donors (Lipinski definition) is 1. The molecule has 30 heavy (non-hydrogen) atoms. The van der Waals surface area contributed by atoms with E-state index in [0.717, 1.165) is 0 Å². The number of ether oxygens (including phenoxy) is 1. The van der Waals surface area contributed by atoms with E-state index >= 15 is 0 Å². The van der Waals surface area contributed by atoms with Gasteiger partial charge in [-0.1, -0.05) is 11.6 Å². The number of benzene rings is 1. The quantitative estimate of drug-likeness (QED) is 0.633. The molecule has 1 saturated heterocycles. The number of imidazole rings is 1. The molecular weight excluding hydrogens is 418 g/mol. The van der Waals surface area contributed by atoms with Gasteiger partial charge in [0.1, 0.15) is 31.0 Å². The van der Waals surface area contributed by atoms with Gasteiger partial charge in [0.05, 0.1) is 23.1 Å². The Bertz CT molecular complexity index is 1080. The summed E-state index contributed by atoms with van der Waals surface area (Å²) >= 11 is 5.72. The number of nitrogens with one attached hydrogen (secondary N) is 1. The molecular formula is C19H17ClF2N6O2. The van der Waals surface area contributed by atoms with Crippen molar-refractivity contribution in [2.75, 3.05) is 23.5 Å². The number of alkyl halides is 1. The number of cyclic esters (lactones) is 1. The summed E-state index contributed by atoms with van der Waals surface area (Å²) in [6.07, 6.45) is 4.11. The maximum Gasteiger partial charge on any atom is 0.416 e. The fraction of sp³-hybridized carbons (Fsp3) is 0.263. The monoisotopic (exact) mass is 434 g/mol. The number of halogens is 3. The molecule has 0 saturated carbocycles. The van der Waals surface area contributed by atoms with Crippen LogP contribution >= 0.6 is 11.6 Å². The van der Waals surface area contributed by atoms with Crippen molar-refractivity contribution in [3.63, 3.8) is 0 Å². The number of carbonyl (C=O) groups is 1. The summed E-state index contributed by atoms with van der Waals surface area (Å²) in [6.45, 7) is 1.08. The van der Waals surface area contributed by atoms with Gasteiger partial charge in [-0.2, -0.15) is 4.98 Å². The molecule has 4 rings (SSSR count). The predicted molar refractivity (Wildman–Crippen MR) is 106 cm³/mol. The van der Waals surface area contributed by atoms with Gasteiger partial charge in [-0.15, -0.1) is 0 Å². The van der Waals surface area contributed by atoms with Gasteiger partial charge in [-0.05, 0) is 31.2 Å². The molecule has 0 aliphatic carbocycles. The van der Waals surface area contributed by atoms with Gasteiger partial charge < -0.3 is 14.6 Å². The molecule has 1 amide bonds. The minimum absolute atomic E-state index is 0.0266. The largest absolute Gasteiger partial charge is 0.447 e. The van der Waals surface area contributed by atoms with E-state index in [1.165, 1.54) is 29.3 Å². The number of carbonyl (C=O) groups excluding carboxylic acids is 1. The highest BCUT2D eigenvalue weighted by atomic mass is 35.5. The molecule has 3 heterocycles. The average Bonchev–Trinajstić information content (AvgIpc) is 3.37. The zero-order chi connectivity index (χ0) is 21.3. The van der Waals surface area contributed by atoms with E-state index in [2.05, 4.69) is 20.3 Å². The van der Waals surface area contributed by atoms with Crippen molar-refractivity contribution in [2.24, 2.45) is 0 Å². The highest BCUT2D eigenvalue weighted by molar-refractivity contribution is 6.30. The second-order valence-electron chi connectivity index (χ2n) is 6.66. The van der Waals surface area contributed by atoms with Crippen molar-refractivity contribution < 1.29 is 18.3 Å². The van der Waals surface area contributed by atoms with Crippen LogP contribution in [0.25, 0.3) is 5.69 Å². The van der Waals surface area contributed by atoms with Crippen molar-refractivity contribution in [3.05, 3.63) is 59.5 Å². The first-order valence-electron chi connectivity index (χ1n) is 9.07. The van der Waals surface area contributed by atoms with Gasteiger partial charge >= 0.3 is 6.09 Å². The van der Waals surface area contributed by atoms with E-state index in [1.807, 2.05) is 6.92 Å². The smallest absolute Gasteiger partial charge is 0.416 e. The van der Waals surface area contributed by atoms with Crippen LogP contribution in [0.15, 0.2) is 43.0 Å². The Hall–Kier alpha value is -3.27. The second-order valence-corrected chi connectivity index (χ2v) is 7.07. The Morgan fingerprint density at radius 1 is 1.37 bits per heavy atom. The van der Waals surface area contributed by atoms with Crippen molar-refractivity contribution in [2.45, 2.75) is 19.0 Å². The molecule has 2 atom stereocenters. The number of anilines is 2. The number of nitrogens with zero attached hydrogens (tertiary/aromatic N) is 5. The van der Waals surface area contributed by atoms with E-state index in [9.17, 15) is 13.6 Å². The first-order valence-corrected chi connectivity index (χ1v) is 9.45. The topological polar surface area (TPSA) is 85.2 Å². The third kappa shape index (κ3) is 3.90. The van der Waals surface area contributed by atoms with Crippen LogP contribution < -0.4 is 10.2 Å². The molecule has 8 nitrogen and oxygen atoms in total. The Morgan fingerprint density at radius 3 is 2.97 bits per heavy atom. The Morgan fingerprint density at radius 2 is 2.20 bits per heavy atom. The molecule has 1 aliphatic heterocycles. The van der Waals surface area contributed by atoms with Crippen LogP contribution in [0.1, 0.15) is 18.7 Å². The summed E-state index contributed by atoms with van der Waals surface area (Å²) in [4.78, 5) is 25.8. The molecule has 156 valence electrons. The molecule has 1 aliphatic rings. The number of aromatic nitrogens is 4. The summed E-state index contributed by atoms with van der Waals surface area (Å²) in [5.41, 5.74) is 1.23. The number of amides is 1. The average molecular weight is 435 g/mol. The number of rotatable bonds is 6. The van der Waals surface area contributed by atoms with Crippen molar-refractivity contribution in [1.82, 2.24) is 19.5 Å². The van der Waals surface area contributed by atoms with Gasteiger partial charge in [-0.3, -0.25) is 4.90 Å².